The number of benzene rings is 1. The van der Waals surface area contributed by atoms with E-state index >= 15 is 0 Å². The molecule has 0 spiro atoms. The minimum Gasteiger partial charge on any atom is -0.478 e. The smallest absolute Gasteiger partial charge is 0.347 e. The van der Waals surface area contributed by atoms with Gasteiger partial charge in [-0.2, -0.15) is 0 Å². The van der Waals surface area contributed by atoms with Gasteiger partial charge in [0.1, 0.15) is 11.6 Å². The zero-order valence-electron chi connectivity index (χ0n) is 9.23. The molecular formula is C12H11FO4. The van der Waals surface area contributed by atoms with Crippen LogP contribution in [0.1, 0.15) is 23.7 Å². The molecule has 0 saturated carbocycles. The summed E-state index contributed by atoms with van der Waals surface area (Å²) < 4.78 is 23.5. The molecule has 2 rings (SSSR count). The Morgan fingerprint density at radius 1 is 1.53 bits per heavy atom. The van der Waals surface area contributed by atoms with Gasteiger partial charge in [-0.1, -0.05) is 0 Å². The van der Waals surface area contributed by atoms with Gasteiger partial charge in [0.15, 0.2) is 11.9 Å². The lowest BCUT2D eigenvalue weighted by molar-refractivity contribution is -0.143. The molecule has 4 nitrogen and oxygen atoms in total. The molecule has 1 aliphatic rings. The zero-order valence-corrected chi connectivity index (χ0v) is 9.23. The van der Waals surface area contributed by atoms with Gasteiger partial charge in [-0.25, -0.2) is 9.18 Å². The van der Waals surface area contributed by atoms with Crippen LogP contribution in [0.15, 0.2) is 18.2 Å². The van der Waals surface area contributed by atoms with Crippen molar-refractivity contribution in [3.05, 3.63) is 29.6 Å². The van der Waals surface area contributed by atoms with Crippen molar-refractivity contribution in [2.45, 2.75) is 19.4 Å². The van der Waals surface area contributed by atoms with Crippen LogP contribution < -0.4 is 4.74 Å². The minimum atomic E-state index is -0.683. The van der Waals surface area contributed by atoms with E-state index in [-0.39, 0.29) is 17.1 Å². The number of ketones is 1. The standard InChI is InChI=1S/C12H11FO4/c1-7(14)9-3-2-8(6-10(9)13)17-11-4-5-16-12(11)15/h2-3,6,11H,4-5H2,1H3. The molecule has 0 bridgehead atoms. The summed E-state index contributed by atoms with van der Waals surface area (Å²) in [5.74, 6) is -1.23. The first-order valence-corrected chi connectivity index (χ1v) is 5.21. The second-order valence-electron chi connectivity index (χ2n) is 3.76. The van der Waals surface area contributed by atoms with Crippen LogP contribution in [0.5, 0.6) is 5.75 Å². The fraction of sp³-hybridized carbons (Fsp3) is 0.333. The number of esters is 1. The predicted molar refractivity (Wildman–Crippen MR) is 56.4 cm³/mol. The first-order valence-electron chi connectivity index (χ1n) is 5.21. The van der Waals surface area contributed by atoms with Gasteiger partial charge in [0.05, 0.1) is 12.2 Å². The summed E-state index contributed by atoms with van der Waals surface area (Å²) in [4.78, 5) is 22.2. The summed E-state index contributed by atoms with van der Waals surface area (Å²) in [5.41, 5.74) is 0.00588. The molecule has 0 aromatic heterocycles. The maximum atomic E-state index is 13.5. The molecular weight excluding hydrogens is 227 g/mol. The van der Waals surface area contributed by atoms with Crippen molar-refractivity contribution in [3.8, 4) is 5.75 Å². The van der Waals surface area contributed by atoms with Crippen LogP contribution in [0.25, 0.3) is 0 Å². The van der Waals surface area contributed by atoms with Crippen LogP contribution in [0.4, 0.5) is 4.39 Å². The molecule has 5 heteroatoms. The first-order chi connectivity index (χ1) is 8.08. The van der Waals surface area contributed by atoms with Gasteiger partial charge >= 0.3 is 5.97 Å². The third kappa shape index (κ3) is 2.43. The van der Waals surface area contributed by atoms with Crippen LogP contribution >= 0.6 is 0 Å². The van der Waals surface area contributed by atoms with Crippen molar-refractivity contribution >= 4 is 11.8 Å². The highest BCUT2D eigenvalue weighted by atomic mass is 19.1. The van der Waals surface area contributed by atoms with E-state index in [1.165, 1.54) is 19.1 Å². The molecule has 1 aromatic rings. The average molecular weight is 238 g/mol. The number of halogens is 1. The van der Waals surface area contributed by atoms with Crippen molar-refractivity contribution in [2.75, 3.05) is 6.61 Å². The SMILES string of the molecule is CC(=O)c1ccc(OC2CCOC2=O)cc1F. The highest BCUT2D eigenvalue weighted by molar-refractivity contribution is 5.94. The van der Waals surface area contributed by atoms with Crippen molar-refractivity contribution in [1.29, 1.82) is 0 Å². The van der Waals surface area contributed by atoms with Gasteiger partial charge in [-0.3, -0.25) is 4.79 Å². The molecule has 0 amide bonds. The fourth-order valence-corrected chi connectivity index (χ4v) is 1.60. The van der Waals surface area contributed by atoms with Gasteiger partial charge in [0.25, 0.3) is 0 Å². The summed E-state index contributed by atoms with van der Waals surface area (Å²) in [7, 11) is 0. The second kappa shape index (κ2) is 4.53. The Labute approximate surface area is 97.3 Å². The molecule has 1 aromatic carbocycles. The lowest BCUT2D eigenvalue weighted by atomic mass is 10.1. The Bertz CT molecular complexity index is 470. The summed E-state index contributed by atoms with van der Waals surface area (Å²) in [6.07, 6.45) is -0.230. The second-order valence-corrected chi connectivity index (χ2v) is 3.76. The van der Waals surface area contributed by atoms with E-state index in [0.717, 1.165) is 6.07 Å². The van der Waals surface area contributed by atoms with Crippen LogP contribution in [-0.4, -0.2) is 24.5 Å². The molecule has 1 unspecified atom stereocenters. The maximum Gasteiger partial charge on any atom is 0.347 e. The van der Waals surface area contributed by atoms with Gasteiger partial charge in [0, 0.05) is 12.5 Å². The largest absolute Gasteiger partial charge is 0.478 e. The summed E-state index contributed by atoms with van der Waals surface area (Å²) in [5, 5.41) is 0. The molecule has 0 N–H and O–H groups in total. The number of ether oxygens (including phenoxy) is 2. The summed E-state index contributed by atoms with van der Waals surface area (Å²) in [6.45, 7) is 1.60. The maximum absolute atomic E-state index is 13.5. The minimum absolute atomic E-state index is 0.00588. The van der Waals surface area contributed by atoms with E-state index in [9.17, 15) is 14.0 Å². The number of carbonyl (C=O) groups is 2. The van der Waals surface area contributed by atoms with Gasteiger partial charge in [-0.05, 0) is 19.1 Å². The van der Waals surface area contributed by atoms with Crippen LogP contribution in [0, 0.1) is 5.82 Å². The molecule has 0 aliphatic carbocycles. The normalized spacial score (nSPS) is 18.9. The monoisotopic (exact) mass is 238 g/mol. The Balaban J connectivity index is 2.15. The molecule has 90 valence electrons. The number of rotatable bonds is 3. The lowest BCUT2D eigenvalue weighted by Gasteiger charge is -2.10. The average Bonchev–Trinajstić information content (AvgIpc) is 2.64. The highest BCUT2D eigenvalue weighted by Crippen LogP contribution is 2.21. The Morgan fingerprint density at radius 2 is 2.29 bits per heavy atom. The number of Topliss-reactive ketones (excluding diaryl/α,β-unsaturated/α-hetero) is 1. The van der Waals surface area contributed by atoms with E-state index in [1.54, 1.807) is 0 Å². The van der Waals surface area contributed by atoms with Crippen LogP contribution in [0.2, 0.25) is 0 Å². The summed E-state index contributed by atoms with van der Waals surface area (Å²) in [6, 6.07) is 3.90. The van der Waals surface area contributed by atoms with Gasteiger partial charge < -0.3 is 9.47 Å². The summed E-state index contributed by atoms with van der Waals surface area (Å²) >= 11 is 0. The quantitative estimate of drug-likeness (QED) is 0.594. The third-order valence-electron chi connectivity index (χ3n) is 2.49. The first kappa shape index (κ1) is 11.6. The van der Waals surface area contributed by atoms with Crippen molar-refractivity contribution in [2.24, 2.45) is 0 Å². The van der Waals surface area contributed by atoms with E-state index < -0.39 is 17.9 Å². The molecule has 1 atom stereocenters. The molecule has 0 radical (unpaired) electrons. The molecule has 1 heterocycles. The number of hydrogen-bond donors (Lipinski definition) is 0. The van der Waals surface area contributed by atoms with Gasteiger partial charge in [-0.15, -0.1) is 0 Å². The number of hydrogen-bond acceptors (Lipinski definition) is 4. The fourth-order valence-electron chi connectivity index (χ4n) is 1.60. The van der Waals surface area contributed by atoms with E-state index in [1.807, 2.05) is 0 Å². The molecule has 1 fully saturated rings. The predicted octanol–water partition coefficient (Wildman–Crippen LogP) is 1.72. The zero-order chi connectivity index (χ0) is 12.4. The van der Waals surface area contributed by atoms with Crippen molar-refractivity contribution in [3.63, 3.8) is 0 Å². The van der Waals surface area contributed by atoms with Crippen molar-refractivity contribution < 1.29 is 23.5 Å². The lowest BCUT2D eigenvalue weighted by Crippen LogP contribution is -2.21. The third-order valence-corrected chi connectivity index (χ3v) is 2.49. The van der Waals surface area contributed by atoms with Crippen LogP contribution in [0.3, 0.4) is 0 Å². The molecule has 17 heavy (non-hydrogen) atoms. The topological polar surface area (TPSA) is 52.6 Å². The highest BCUT2D eigenvalue weighted by Gasteiger charge is 2.28. The Hall–Kier alpha value is -1.91. The van der Waals surface area contributed by atoms with E-state index in [0.29, 0.717) is 13.0 Å². The van der Waals surface area contributed by atoms with E-state index in [4.69, 9.17) is 9.47 Å². The molecule has 1 aliphatic heterocycles. The number of carbonyl (C=O) groups excluding carboxylic acids is 2. The van der Waals surface area contributed by atoms with Crippen LogP contribution in [-0.2, 0) is 9.53 Å². The van der Waals surface area contributed by atoms with E-state index in [2.05, 4.69) is 0 Å². The Morgan fingerprint density at radius 3 is 2.82 bits per heavy atom. The van der Waals surface area contributed by atoms with Crippen molar-refractivity contribution in [1.82, 2.24) is 0 Å². The number of cyclic esters (lactones) is 1. The van der Waals surface area contributed by atoms with Gasteiger partial charge in [0.2, 0.25) is 0 Å². The molecule has 1 saturated heterocycles. The Kier molecular flexibility index (Phi) is 3.08.